The molecule has 2 N–H and O–H groups in total. The molecule has 3 aromatic rings. The minimum absolute atomic E-state index is 0.112. The Morgan fingerprint density at radius 1 is 1.23 bits per heavy atom. The van der Waals surface area contributed by atoms with Gasteiger partial charge in [-0.1, -0.05) is 36.9 Å². The summed E-state index contributed by atoms with van der Waals surface area (Å²) in [6.45, 7) is 8.02. The molecule has 1 aromatic heterocycles. The first-order valence-corrected chi connectivity index (χ1v) is 10.2. The van der Waals surface area contributed by atoms with Crippen molar-refractivity contribution >= 4 is 16.9 Å². The van der Waals surface area contributed by atoms with Crippen LogP contribution in [0.1, 0.15) is 36.1 Å². The molecule has 162 valence electrons. The lowest BCUT2D eigenvalue weighted by Gasteiger charge is -2.13. The van der Waals surface area contributed by atoms with Gasteiger partial charge in [-0.25, -0.2) is 4.79 Å². The van der Waals surface area contributed by atoms with E-state index in [4.69, 9.17) is 9.15 Å². The van der Waals surface area contributed by atoms with E-state index in [1.807, 2.05) is 44.2 Å². The number of aliphatic hydroxyl groups is 1. The summed E-state index contributed by atoms with van der Waals surface area (Å²) >= 11 is 0. The third-order valence-electron chi connectivity index (χ3n) is 5.02. The molecule has 0 saturated carbocycles. The third kappa shape index (κ3) is 5.83. The molecule has 3 rings (SSSR count). The minimum Gasteiger partial charge on any atom is -0.489 e. The maximum absolute atomic E-state index is 12.5. The number of hydrogen-bond donors (Lipinski definition) is 2. The normalized spacial score (nSPS) is 11.8. The number of aryl methyl sites for hydroxylation is 1. The molecular formula is C25H27NO5. The second-order valence-corrected chi connectivity index (χ2v) is 7.63. The zero-order valence-corrected chi connectivity index (χ0v) is 17.8. The highest BCUT2D eigenvalue weighted by Gasteiger charge is 2.15. The zero-order chi connectivity index (χ0) is 22.4. The Kier molecular flexibility index (Phi) is 7.26. The average molecular weight is 421 g/mol. The van der Waals surface area contributed by atoms with Crippen LogP contribution in [0.4, 0.5) is 0 Å². The Labute approximate surface area is 181 Å². The molecular weight excluding hydrogens is 394 g/mol. The number of rotatable bonds is 9. The summed E-state index contributed by atoms with van der Waals surface area (Å²) in [4.78, 5) is 24.7. The fourth-order valence-electron chi connectivity index (χ4n) is 3.29. The zero-order valence-electron chi connectivity index (χ0n) is 17.8. The Balaban J connectivity index is 1.64. The fraction of sp³-hybridized carbons (Fsp3) is 0.280. The summed E-state index contributed by atoms with van der Waals surface area (Å²) in [5.41, 5.74) is 2.87. The van der Waals surface area contributed by atoms with Crippen molar-refractivity contribution in [1.29, 1.82) is 0 Å². The van der Waals surface area contributed by atoms with Gasteiger partial charge in [-0.15, -0.1) is 0 Å². The van der Waals surface area contributed by atoms with Crippen LogP contribution in [0.3, 0.4) is 0 Å². The van der Waals surface area contributed by atoms with E-state index in [1.165, 1.54) is 0 Å². The largest absolute Gasteiger partial charge is 0.489 e. The van der Waals surface area contributed by atoms with Crippen molar-refractivity contribution in [2.24, 2.45) is 0 Å². The van der Waals surface area contributed by atoms with E-state index < -0.39 is 11.7 Å². The van der Waals surface area contributed by atoms with Crippen LogP contribution in [0.5, 0.6) is 5.75 Å². The Morgan fingerprint density at radius 2 is 1.97 bits per heavy atom. The standard InChI is InChI=1S/C25H27NO5/c1-16(2)15-30-19-9-10-20-17(3)21(25(29)31-23(20)13-19)11-12-24(28)26-14-22(27)18-7-5-4-6-8-18/h4-10,13,22,27H,1,11-12,14-15H2,2-3H3,(H,26,28). The molecule has 0 aliphatic carbocycles. The highest BCUT2D eigenvalue weighted by molar-refractivity contribution is 5.82. The number of fused-ring (bicyclic) bond motifs is 1. The number of amides is 1. The number of carbonyl (C=O) groups is 1. The number of aliphatic hydroxyl groups excluding tert-OH is 1. The summed E-state index contributed by atoms with van der Waals surface area (Å²) < 4.78 is 11.1. The maximum Gasteiger partial charge on any atom is 0.339 e. The van der Waals surface area contributed by atoms with Gasteiger partial charge in [0, 0.05) is 30.0 Å². The molecule has 1 unspecified atom stereocenters. The first-order valence-electron chi connectivity index (χ1n) is 10.2. The van der Waals surface area contributed by atoms with Gasteiger partial charge in [0.05, 0.1) is 6.10 Å². The highest BCUT2D eigenvalue weighted by atomic mass is 16.5. The van der Waals surface area contributed by atoms with E-state index in [9.17, 15) is 14.7 Å². The van der Waals surface area contributed by atoms with Gasteiger partial charge in [0.15, 0.2) is 0 Å². The van der Waals surface area contributed by atoms with Gasteiger partial charge < -0.3 is 19.6 Å². The second kappa shape index (κ2) is 10.1. The number of hydrogen-bond acceptors (Lipinski definition) is 5. The number of nitrogens with one attached hydrogen (secondary N) is 1. The first-order chi connectivity index (χ1) is 14.8. The molecule has 6 nitrogen and oxygen atoms in total. The first kappa shape index (κ1) is 22.3. The smallest absolute Gasteiger partial charge is 0.339 e. The molecule has 0 radical (unpaired) electrons. The summed E-state index contributed by atoms with van der Waals surface area (Å²) in [7, 11) is 0. The van der Waals surface area contributed by atoms with E-state index >= 15 is 0 Å². The predicted molar refractivity (Wildman–Crippen MR) is 120 cm³/mol. The van der Waals surface area contributed by atoms with Gasteiger partial charge in [-0.05, 0) is 49.1 Å². The molecule has 0 fully saturated rings. The second-order valence-electron chi connectivity index (χ2n) is 7.63. The molecule has 0 saturated heterocycles. The maximum atomic E-state index is 12.5. The van der Waals surface area contributed by atoms with E-state index in [-0.39, 0.29) is 25.3 Å². The number of ether oxygens (including phenoxy) is 1. The van der Waals surface area contributed by atoms with Gasteiger partial charge >= 0.3 is 5.63 Å². The van der Waals surface area contributed by atoms with E-state index in [2.05, 4.69) is 11.9 Å². The van der Waals surface area contributed by atoms with Crippen LogP contribution in [-0.2, 0) is 11.2 Å². The van der Waals surface area contributed by atoms with E-state index in [0.717, 1.165) is 22.1 Å². The molecule has 1 atom stereocenters. The highest BCUT2D eigenvalue weighted by Crippen LogP contribution is 2.25. The molecule has 0 aliphatic heterocycles. The van der Waals surface area contributed by atoms with Gasteiger partial charge in [0.1, 0.15) is 17.9 Å². The third-order valence-corrected chi connectivity index (χ3v) is 5.02. The van der Waals surface area contributed by atoms with Crippen LogP contribution in [0.2, 0.25) is 0 Å². The van der Waals surface area contributed by atoms with Crippen molar-refractivity contribution in [3.05, 3.63) is 87.8 Å². The van der Waals surface area contributed by atoms with Crippen LogP contribution in [0.25, 0.3) is 11.0 Å². The lowest BCUT2D eigenvalue weighted by atomic mass is 10.0. The van der Waals surface area contributed by atoms with Crippen molar-refractivity contribution in [3.8, 4) is 5.75 Å². The Morgan fingerprint density at radius 3 is 2.68 bits per heavy atom. The van der Waals surface area contributed by atoms with Crippen molar-refractivity contribution in [3.63, 3.8) is 0 Å². The van der Waals surface area contributed by atoms with E-state index in [0.29, 0.717) is 23.5 Å². The molecule has 1 amide bonds. The molecule has 6 heteroatoms. The van der Waals surface area contributed by atoms with Crippen molar-refractivity contribution in [2.75, 3.05) is 13.2 Å². The molecule has 31 heavy (non-hydrogen) atoms. The van der Waals surface area contributed by atoms with Crippen molar-refractivity contribution < 1.29 is 19.1 Å². The minimum atomic E-state index is -0.779. The number of carbonyl (C=O) groups excluding carboxylic acids is 1. The van der Waals surface area contributed by atoms with Gasteiger partial charge in [0.2, 0.25) is 5.91 Å². The van der Waals surface area contributed by atoms with Gasteiger partial charge in [-0.3, -0.25) is 4.79 Å². The predicted octanol–water partition coefficient (Wildman–Crippen LogP) is 3.84. The molecule has 0 aliphatic rings. The summed E-state index contributed by atoms with van der Waals surface area (Å²) in [6.07, 6.45) is -0.400. The molecule has 0 spiro atoms. The monoisotopic (exact) mass is 421 g/mol. The summed E-state index contributed by atoms with van der Waals surface area (Å²) in [5, 5.41) is 13.7. The van der Waals surface area contributed by atoms with E-state index in [1.54, 1.807) is 18.2 Å². The number of benzene rings is 2. The molecule has 1 heterocycles. The summed E-state index contributed by atoms with van der Waals surface area (Å²) in [6, 6.07) is 14.5. The fourth-order valence-corrected chi connectivity index (χ4v) is 3.29. The average Bonchev–Trinajstić information content (AvgIpc) is 2.76. The van der Waals surface area contributed by atoms with Crippen LogP contribution in [-0.4, -0.2) is 24.2 Å². The van der Waals surface area contributed by atoms with Crippen molar-refractivity contribution in [1.82, 2.24) is 5.32 Å². The van der Waals surface area contributed by atoms with Crippen LogP contribution in [0, 0.1) is 6.92 Å². The van der Waals surface area contributed by atoms with Crippen LogP contribution < -0.4 is 15.7 Å². The summed E-state index contributed by atoms with van der Waals surface area (Å²) in [5.74, 6) is 0.361. The quantitative estimate of drug-likeness (QED) is 0.405. The Hall–Kier alpha value is -3.38. The lowest BCUT2D eigenvalue weighted by molar-refractivity contribution is -0.121. The topological polar surface area (TPSA) is 88.8 Å². The Bertz CT molecular complexity index is 1130. The molecule has 2 aromatic carbocycles. The van der Waals surface area contributed by atoms with Gasteiger partial charge in [-0.2, -0.15) is 0 Å². The lowest BCUT2D eigenvalue weighted by Crippen LogP contribution is -2.29. The van der Waals surface area contributed by atoms with Crippen LogP contribution in [0.15, 0.2) is 69.9 Å². The van der Waals surface area contributed by atoms with Crippen LogP contribution >= 0.6 is 0 Å². The van der Waals surface area contributed by atoms with Crippen molar-refractivity contribution in [2.45, 2.75) is 32.8 Å². The van der Waals surface area contributed by atoms with Gasteiger partial charge in [0.25, 0.3) is 0 Å². The molecule has 0 bridgehead atoms. The SMILES string of the molecule is C=C(C)COc1ccc2c(C)c(CCC(=O)NCC(O)c3ccccc3)c(=O)oc2c1.